The second kappa shape index (κ2) is 13.4. The van der Waals surface area contributed by atoms with Gasteiger partial charge in [-0.15, -0.1) is 28.1 Å². The molecule has 208 valence electrons. The van der Waals surface area contributed by atoms with E-state index in [1.54, 1.807) is 23.6 Å². The Balaban J connectivity index is 1.42. The second-order valence-corrected chi connectivity index (χ2v) is 10.8. The minimum absolute atomic E-state index is 0.0250. The van der Waals surface area contributed by atoms with Crippen LogP contribution in [0.15, 0.2) is 71.7 Å². The number of thioether (sulfide) groups is 1. The number of thiophene rings is 1. The summed E-state index contributed by atoms with van der Waals surface area (Å²) in [6.45, 7) is 8.73. The molecular weight excluding hydrogens is 551 g/mol. The van der Waals surface area contributed by atoms with Gasteiger partial charge in [0.1, 0.15) is 28.7 Å². The summed E-state index contributed by atoms with van der Waals surface area (Å²) >= 11 is 2.40. The van der Waals surface area contributed by atoms with E-state index >= 15 is 0 Å². The SMILES string of the molecule is C=CCn1c(COc2ccc(C(C)C)cc2)nnc1SCC(=O)Nc1scc(-c2ccc(F)cc2)c1C(=O)OC. The van der Waals surface area contributed by atoms with Crippen molar-refractivity contribution in [2.75, 3.05) is 18.2 Å². The van der Waals surface area contributed by atoms with Gasteiger partial charge in [-0.3, -0.25) is 9.36 Å². The maximum Gasteiger partial charge on any atom is 0.341 e. The molecule has 1 N–H and O–H groups in total. The summed E-state index contributed by atoms with van der Waals surface area (Å²) in [7, 11) is 1.27. The quantitative estimate of drug-likeness (QED) is 0.115. The van der Waals surface area contributed by atoms with Gasteiger partial charge >= 0.3 is 5.97 Å². The summed E-state index contributed by atoms with van der Waals surface area (Å²) in [4.78, 5) is 25.4. The summed E-state index contributed by atoms with van der Waals surface area (Å²) in [6, 6.07) is 13.7. The number of esters is 1. The predicted octanol–water partition coefficient (Wildman–Crippen LogP) is 6.55. The van der Waals surface area contributed by atoms with Crippen molar-refractivity contribution in [3.63, 3.8) is 0 Å². The van der Waals surface area contributed by atoms with Crippen LogP contribution in [-0.2, 0) is 22.7 Å². The smallest absolute Gasteiger partial charge is 0.341 e. The molecule has 2 aromatic heterocycles. The van der Waals surface area contributed by atoms with Gasteiger partial charge in [-0.25, -0.2) is 9.18 Å². The normalized spacial score (nSPS) is 10.9. The molecule has 2 heterocycles. The fourth-order valence-corrected chi connectivity index (χ4v) is 5.57. The Morgan fingerprint density at radius 3 is 2.52 bits per heavy atom. The van der Waals surface area contributed by atoms with Gasteiger partial charge in [-0.2, -0.15) is 0 Å². The van der Waals surface area contributed by atoms with Crippen molar-refractivity contribution in [2.45, 2.75) is 38.1 Å². The van der Waals surface area contributed by atoms with Crippen molar-refractivity contribution in [3.8, 4) is 16.9 Å². The summed E-state index contributed by atoms with van der Waals surface area (Å²) in [5, 5.41) is 13.9. The zero-order chi connectivity index (χ0) is 28.6. The standard InChI is InChI=1S/C29H29FN4O4S2/c1-5-14-34-24(15-38-22-12-8-19(9-13-22)18(2)3)32-33-29(34)40-17-25(35)31-27-26(28(36)37-4)23(16-39-27)20-6-10-21(30)11-7-20/h5-13,16,18H,1,14-15,17H2,2-4H3,(H,31,35). The Morgan fingerprint density at radius 1 is 1.15 bits per heavy atom. The van der Waals surface area contributed by atoms with Gasteiger partial charge in [0.15, 0.2) is 11.0 Å². The molecule has 0 aliphatic heterocycles. The number of carbonyl (C=O) groups excluding carboxylic acids is 2. The number of allylic oxidation sites excluding steroid dienone is 1. The third kappa shape index (κ3) is 6.97. The summed E-state index contributed by atoms with van der Waals surface area (Å²) in [5.41, 5.74) is 2.63. The van der Waals surface area contributed by atoms with Crippen LogP contribution in [0.1, 0.15) is 41.5 Å². The van der Waals surface area contributed by atoms with Crippen LogP contribution in [0.25, 0.3) is 11.1 Å². The lowest BCUT2D eigenvalue weighted by molar-refractivity contribution is -0.113. The number of methoxy groups -OCH3 is 1. The van der Waals surface area contributed by atoms with E-state index in [0.717, 1.165) is 5.75 Å². The largest absolute Gasteiger partial charge is 0.486 e. The molecule has 4 aromatic rings. The highest BCUT2D eigenvalue weighted by Crippen LogP contribution is 2.36. The molecule has 0 aliphatic carbocycles. The molecule has 0 bridgehead atoms. The number of hydrogen-bond acceptors (Lipinski definition) is 8. The van der Waals surface area contributed by atoms with Crippen LogP contribution in [0, 0.1) is 5.82 Å². The molecule has 4 rings (SSSR count). The third-order valence-electron chi connectivity index (χ3n) is 5.94. The number of halogens is 1. The van der Waals surface area contributed by atoms with Gasteiger partial charge in [-0.05, 0) is 41.3 Å². The summed E-state index contributed by atoms with van der Waals surface area (Å²) in [6.07, 6.45) is 1.72. The average molecular weight is 581 g/mol. The fourth-order valence-electron chi connectivity index (χ4n) is 3.83. The Labute approximate surface area is 240 Å². The van der Waals surface area contributed by atoms with Gasteiger partial charge in [0.2, 0.25) is 5.91 Å². The summed E-state index contributed by atoms with van der Waals surface area (Å²) in [5.74, 6) is 0.469. The van der Waals surface area contributed by atoms with Crippen LogP contribution in [0.2, 0.25) is 0 Å². The average Bonchev–Trinajstić information content (AvgIpc) is 3.55. The van der Waals surface area contributed by atoms with Gasteiger partial charge < -0.3 is 14.8 Å². The topological polar surface area (TPSA) is 95.3 Å². The van der Waals surface area contributed by atoms with Crippen molar-refractivity contribution in [2.24, 2.45) is 0 Å². The first-order valence-electron chi connectivity index (χ1n) is 12.4. The highest BCUT2D eigenvalue weighted by atomic mass is 32.2. The lowest BCUT2D eigenvalue weighted by atomic mass is 10.0. The van der Waals surface area contributed by atoms with Gasteiger partial charge in [0.05, 0.1) is 12.9 Å². The van der Waals surface area contributed by atoms with Crippen LogP contribution in [0.5, 0.6) is 5.75 Å². The van der Waals surface area contributed by atoms with Crippen molar-refractivity contribution >= 4 is 40.0 Å². The Kier molecular flexibility index (Phi) is 9.73. The van der Waals surface area contributed by atoms with Gasteiger partial charge in [-0.1, -0.05) is 56.0 Å². The van der Waals surface area contributed by atoms with Crippen LogP contribution >= 0.6 is 23.1 Å². The minimum Gasteiger partial charge on any atom is -0.486 e. The van der Waals surface area contributed by atoms with Crippen LogP contribution in [-0.4, -0.2) is 39.5 Å². The van der Waals surface area contributed by atoms with Crippen molar-refractivity contribution < 1.29 is 23.5 Å². The van der Waals surface area contributed by atoms with E-state index in [0.29, 0.717) is 39.6 Å². The van der Waals surface area contributed by atoms with E-state index in [-0.39, 0.29) is 29.6 Å². The van der Waals surface area contributed by atoms with E-state index in [9.17, 15) is 14.0 Å². The summed E-state index contributed by atoms with van der Waals surface area (Å²) < 4.78 is 26.1. The predicted molar refractivity (Wildman–Crippen MR) is 155 cm³/mol. The number of nitrogens with zero attached hydrogens (tertiary/aromatic N) is 3. The Hall–Kier alpha value is -3.96. The first kappa shape index (κ1) is 29.0. The maximum absolute atomic E-state index is 13.4. The highest BCUT2D eigenvalue weighted by Gasteiger charge is 2.23. The van der Waals surface area contributed by atoms with Crippen molar-refractivity contribution in [1.29, 1.82) is 0 Å². The van der Waals surface area contributed by atoms with E-state index < -0.39 is 5.97 Å². The molecule has 0 fully saturated rings. The third-order valence-corrected chi connectivity index (χ3v) is 7.80. The van der Waals surface area contributed by atoms with E-state index in [4.69, 9.17) is 9.47 Å². The number of amides is 1. The Bertz CT molecular complexity index is 1480. The Morgan fingerprint density at radius 2 is 1.88 bits per heavy atom. The van der Waals surface area contributed by atoms with E-state index in [1.807, 2.05) is 28.8 Å². The molecule has 0 spiro atoms. The number of rotatable bonds is 12. The number of hydrogen-bond donors (Lipinski definition) is 1. The fraction of sp³-hybridized carbons (Fsp3) is 0.241. The molecule has 1 amide bonds. The number of carbonyl (C=O) groups is 2. The highest BCUT2D eigenvalue weighted by molar-refractivity contribution is 7.99. The minimum atomic E-state index is -0.599. The molecule has 2 aromatic carbocycles. The monoisotopic (exact) mass is 580 g/mol. The molecule has 0 saturated carbocycles. The molecule has 8 nitrogen and oxygen atoms in total. The number of benzene rings is 2. The lowest BCUT2D eigenvalue weighted by Gasteiger charge is -2.11. The van der Waals surface area contributed by atoms with Crippen molar-refractivity contribution in [3.05, 3.63) is 89.3 Å². The zero-order valence-corrected chi connectivity index (χ0v) is 24.0. The zero-order valence-electron chi connectivity index (χ0n) is 22.3. The maximum atomic E-state index is 13.4. The first-order valence-corrected chi connectivity index (χ1v) is 14.3. The van der Waals surface area contributed by atoms with Crippen molar-refractivity contribution in [1.82, 2.24) is 14.8 Å². The molecular formula is C29H29FN4O4S2. The first-order chi connectivity index (χ1) is 19.3. The van der Waals surface area contributed by atoms with Crippen LogP contribution in [0.4, 0.5) is 9.39 Å². The van der Waals surface area contributed by atoms with E-state index in [1.165, 1.54) is 47.9 Å². The molecule has 11 heteroatoms. The molecule has 0 radical (unpaired) electrons. The second-order valence-electron chi connectivity index (χ2n) is 9.00. The number of nitrogens with one attached hydrogen (secondary N) is 1. The molecule has 40 heavy (non-hydrogen) atoms. The number of ether oxygens (including phenoxy) is 2. The van der Waals surface area contributed by atoms with Crippen LogP contribution in [0.3, 0.4) is 0 Å². The lowest BCUT2D eigenvalue weighted by Crippen LogP contribution is -2.16. The molecule has 0 unspecified atom stereocenters. The number of anilines is 1. The molecule has 0 aliphatic rings. The number of aromatic nitrogens is 3. The van der Waals surface area contributed by atoms with E-state index in [2.05, 4.69) is 35.9 Å². The van der Waals surface area contributed by atoms with Gasteiger partial charge in [0, 0.05) is 17.5 Å². The molecule has 0 saturated heterocycles. The van der Waals surface area contributed by atoms with Crippen LogP contribution < -0.4 is 10.1 Å². The molecule has 0 atom stereocenters. The van der Waals surface area contributed by atoms with Gasteiger partial charge in [0.25, 0.3) is 0 Å².